The van der Waals surface area contributed by atoms with Gasteiger partial charge in [0.15, 0.2) is 0 Å². The summed E-state index contributed by atoms with van der Waals surface area (Å²) in [6, 6.07) is 22.5. The zero-order chi connectivity index (χ0) is 23.0. The zero-order valence-electron chi connectivity index (χ0n) is 17.7. The first-order valence-electron chi connectivity index (χ1n) is 10.4. The van der Waals surface area contributed by atoms with Gasteiger partial charge in [-0.25, -0.2) is 4.21 Å². The highest BCUT2D eigenvalue weighted by Gasteiger charge is 2.22. The van der Waals surface area contributed by atoms with E-state index >= 15 is 0 Å². The summed E-state index contributed by atoms with van der Waals surface area (Å²) < 4.78 is 18.9. The molecule has 0 aromatic heterocycles. The van der Waals surface area contributed by atoms with E-state index in [1.165, 1.54) is 0 Å². The number of aliphatic hydroxyl groups excluding tert-OH is 2. The number of aliphatic hydroxyl groups is 2. The third kappa shape index (κ3) is 6.64. The molecule has 0 aliphatic carbocycles. The molecule has 0 fully saturated rings. The van der Waals surface area contributed by atoms with Crippen molar-refractivity contribution in [2.24, 2.45) is 5.73 Å². The van der Waals surface area contributed by atoms with Gasteiger partial charge in [-0.05, 0) is 60.7 Å². The van der Waals surface area contributed by atoms with Crippen molar-refractivity contribution in [1.29, 1.82) is 0 Å². The van der Waals surface area contributed by atoms with Crippen molar-refractivity contribution in [2.75, 3.05) is 13.2 Å². The van der Waals surface area contributed by atoms with Gasteiger partial charge in [0.2, 0.25) is 0 Å². The number of rotatable bonds is 11. The Hall–Kier alpha value is -2.22. The highest BCUT2D eigenvalue weighted by molar-refractivity contribution is 7.85. The first kappa shape index (κ1) is 24.4. The van der Waals surface area contributed by atoms with Crippen molar-refractivity contribution < 1.29 is 19.2 Å². The summed E-state index contributed by atoms with van der Waals surface area (Å²) in [6.45, 7) is -0.110. The Bertz CT molecular complexity index is 1040. The quantitative estimate of drug-likeness (QED) is 0.390. The maximum atomic E-state index is 13.1. The van der Waals surface area contributed by atoms with Gasteiger partial charge in [0.25, 0.3) is 0 Å². The predicted octanol–water partition coefficient (Wildman–Crippen LogP) is 4.09. The Kier molecular flexibility index (Phi) is 8.84. The van der Waals surface area contributed by atoms with Gasteiger partial charge in [-0.1, -0.05) is 54.1 Å². The topological polar surface area (TPSA) is 92.8 Å². The molecule has 7 heteroatoms. The van der Waals surface area contributed by atoms with E-state index in [9.17, 15) is 14.4 Å². The third-order valence-electron chi connectivity index (χ3n) is 5.26. The van der Waals surface area contributed by atoms with Crippen LogP contribution < -0.4 is 10.5 Å². The molecule has 32 heavy (non-hydrogen) atoms. The molecule has 0 heterocycles. The number of benzene rings is 3. The molecule has 1 unspecified atom stereocenters. The predicted molar refractivity (Wildman–Crippen MR) is 127 cm³/mol. The Morgan fingerprint density at radius 3 is 2.34 bits per heavy atom. The molecule has 170 valence electrons. The smallest absolute Gasteiger partial charge is 0.121 e. The van der Waals surface area contributed by atoms with E-state index in [0.717, 1.165) is 11.1 Å². The van der Waals surface area contributed by atoms with Crippen molar-refractivity contribution in [3.8, 4) is 5.75 Å². The lowest BCUT2D eigenvalue weighted by Crippen LogP contribution is -2.47. The zero-order valence-corrected chi connectivity index (χ0v) is 19.3. The van der Waals surface area contributed by atoms with Crippen molar-refractivity contribution in [1.82, 2.24) is 0 Å². The molecule has 4 N–H and O–H groups in total. The fourth-order valence-electron chi connectivity index (χ4n) is 3.24. The SMILES string of the molecule is NC(CO)(CO)CCCc1ccc(S(=O)c2cccc(OCc3ccccc3)c2)cc1Cl. The molecule has 1 atom stereocenters. The van der Waals surface area contributed by atoms with Crippen LogP contribution in [0.2, 0.25) is 5.02 Å². The van der Waals surface area contributed by atoms with E-state index in [1.807, 2.05) is 54.6 Å². The summed E-state index contributed by atoms with van der Waals surface area (Å²) in [5, 5.41) is 19.1. The highest BCUT2D eigenvalue weighted by atomic mass is 35.5. The number of aryl methyl sites for hydroxylation is 1. The second kappa shape index (κ2) is 11.6. The molecule has 3 aromatic carbocycles. The normalized spacial score (nSPS) is 12.5. The van der Waals surface area contributed by atoms with Crippen molar-refractivity contribution in [2.45, 2.75) is 41.2 Å². The molecule has 0 saturated carbocycles. The lowest BCUT2D eigenvalue weighted by Gasteiger charge is -2.24. The lowest BCUT2D eigenvalue weighted by molar-refractivity contribution is 0.113. The summed E-state index contributed by atoms with van der Waals surface area (Å²) in [6.07, 6.45) is 1.79. The summed E-state index contributed by atoms with van der Waals surface area (Å²) in [4.78, 5) is 1.25. The minimum absolute atomic E-state index is 0.275. The highest BCUT2D eigenvalue weighted by Crippen LogP contribution is 2.27. The average Bonchev–Trinajstić information content (AvgIpc) is 2.84. The summed E-state index contributed by atoms with van der Waals surface area (Å²) in [5.41, 5.74) is 6.89. The summed E-state index contributed by atoms with van der Waals surface area (Å²) in [7, 11) is -1.40. The maximum Gasteiger partial charge on any atom is 0.121 e. The van der Waals surface area contributed by atoms with Gasteiger partial charge in [-0.2, -0.15) is 0 Å². The van der Waals surface area contributed by atoms with E-state index in [0.29, 0.717) is 46.4 Å². The van der Waals surface area contributed by atoms with Crippen LogP contribution in [-0.4, -0.2) is 33.2 Å². The molecule has 5 nitrogen and oxygen atoms in total. The molecule has 0 radical (unpaired) electrons. The monoisotopic (exact) mass is 473 g/mol. The van der Waals surface area contributed by atoms with Crippen LogP contribution in [-0.2, 0) is 23.8 Å². The fourth-order valence-corrected chi connectivity index (χ4v) is 4.70. The first-order chi connectivity index (χ1) is 15.4. The molecule has 0 aliphatic rings. The Morgan fingerprint density at radius 1 is 0.938 bits per heavy atom. The van der Waals surface area contributed by atoms with E-state index in [-0.39, 0.29) is 13.2 Å². The third-order valence-corrected chi connectivity index (χ3v) is 6.97. The molecule has 0 saturated heterocycles. The van der Waals surface area contributed by atoms with E-state index in [2.05, 4.69) is 0 Å². The van der Waals surface area contributed by atoms with Crippen molar-refractivity contribution in [3.05, 3.63) is 88.9 Å². The average molecular weight is 474 g/mol. The Labute approximate surface area is 196 Å². The maximum absolute atomic E-state index is 13.1. The van der Waals surface area contributed by atoms with Crippen LogP contribution in [0.1, 0.15) is 24.0 Å². The van der Waals surface area contributed by atoms with Gasteiger partial charge in [-0.3, -0.25) is 0 Å². The van der Waals surface area contributed by atoms with Crippen LogP contribution in [0, 0.1) is 0 Å². The molecular formula is C25H28ClNO4S. The number of nitrogens with two attached hydrogens (primary N) is 1. The molecule has 0 amide bonds. The van der Waals surface area contributed by atoms with E-state index in [4.69, 9.17) is 22.1 Å². The second-order valence-corrected chi connectivity index (χ2v) is 9.69. The molecule has 3 rings (SSSR count). The number of halogens is 1. The summed E-state index contributed by atoms with van der Waals surface area (Å²) >= 11 is 6.44. The van der Waals surface area contributed by atoms with Crippen LogP contribution in [0.15, 0.2) is 82.6 Å². The molecule has 3 aromatic rings. The van der Waals surface area contributed by atoms with Gasteiger partial charge in [0.05, 0.1) is 29.6 Å². The van der Waals surface area contributed by atoms with Crippen molar-refractivity contribution >= 4 is 22.4 Å². The van der Waals surface area contributed by atoms with Crippen molar-refractivity contribution in [3.63, 3.8) is 0 Å². The van der Waals surface area contributed by atoms with Crippen LogP contribution in [0.25, 0.3) is 0 Å². The molecule has 0 aliphatic heterocycles. The van der Waals surface area contributed by atoms with Gasteiger partial charge >= 0.3 is 0 Å². The van der Waals surface area contributed by atoms with Crippen LogP contribution in [0.5, 0.6) is 5.75 Å². The van der Waals surface area contributed by atoms with E-state index in [1.54, 1.807) is 18.2 Å². The van der Waals surface area contributed by atoms with Gasteiger partial charge in [-0.15, -0.1) is 0 Å². The molecule has 0 bridgehead atoms. The molecule has 0 spiro atoms. The Morgan fingerprint density at radius 2 is 1.66 bits per heavy atom. The minimum atomic E-state index is -1.40. The van der Waals surface area contributed by atoms with Crippen LogP contribution >= 0.6 is 11.6 Å². The number of hydrogen-bond acceptors (Lipinski definition) is 5. The molecular weight excluding hydrogens is 446 g/mol. The standard InChI is InChI=1S/C25H28ClNO4S/c26-24-15-23(12-11-20(24)8-5-13-25(27,17-28)18-29)32(30)22-10-4-9-21(14-22)31-16-19-6-2-1-3-7-19/h1-4,6-7,9-12,14-15,28-29H,5,8,13,16-18,27H2. The minimum Gasteiger partial charge on any atom is -0.489 e. The van der Waals surface area contributed by atoms with Gasteiger partial charge in [0.1, 0.15) is 12.4 Å². The lowest BCUT2D eigenvalue weighted by atomic mass is 9.94. The fraction of sp³-hybridized carbons (Fsp3) is 0.280. The van der Waals surface area contributed by atoms with E-state index < -0.39 is 16.3 Å². The van der Waals surface area contributed by atoms with Crippen LogP contribution in [0.4, 0.5) is 0 Å². The second-order valence-electron chi connectivity index (χ2n) is 7.80. The van der Waals surface area contributed by atoms with Gasteiger partial charge in [0, 0.05) is 14.8 Å². The van der Waals surface area contributed by atoms with Gasteiger partial charge < -0.3 is 20.7 Å². The summed E-state index contributed by atoms with van der Waals surface area (Å²) in [5.74, 6) is 0.653. The van der Waals surface area contributed by atoms with Crippen LogP contribution in [0.3, 0.4) is 0 Å². The first-order valence-corrected chi connectivity index (χ1v) is 11.9. The number of ether oxygens (including phenoxy) is 1. The number of hydrogen-bond donors (Lipinski definition) is 3. The largest absolute Gasteiger partial charge is 0.489 e. The Balaban J connectivity index is 1.64.